The summed E-state index contributed by atoms with van der Waals surface area (Å²) in [5.41, 5.74) is 5.25. The predicted octanol–water partition coefficient (Wildman–Crippen LogP) is 0.223. The zero-order chi connectivity index (χ0) is 14.8. The average Bonchev–Trinajstić information content (AvgIpc) is 2.78. The zero-order valence-electron chi connectivity index (χ0n) is 11.7. The molecule has 1 fully saturated rings. The molecule has 1 heterocycles. The van der Waals surface area contributed by atoms with E-state index in [1.807, 2.05) is 0 Å². The van der Waals surface area contributed by atoms with E-state index in [0.717, 1.165) is 32.1 Å². The molecule has 4 N–H and O–H groups in total. The average molecular weight is 302 g/mol. The highest BCUT2D eigenvalue weighted by Gasteiger charge is 2.33. The Morgan fingerprint density at radius 1 is 1.45 bits per heavy atom. The fraction of sp³-hybridized carbons (Fsp3) is 0.750. The SMILES string of the molecule is Cn1cnc(N)c1S(=O)(=O)NCC1(CO)CCCCC1. The van der Waals surface area contributed by atoms with Crippen LogP contribution in [0.25, 0.3) is 0 Å². The third-order valence-electron chi connectivity index (χ3n) is 4.05. The van der Waals surface area contributed by atoms with Gasteiger partial charge in [0, 0.05) is 25.6 Å². The van der Waals surface area contributed by atoms with Gasteiger partial charge in [-0.05, 0) is 12.8 Å². The minimum atomic E-state index is -3.71. The standard InChI is InChI=1S/C12H22N4O3S/c1-16-9-14-10(13)11(16)20(18,19)15-7-12(8-17)5-3-2-4-6-12/h9,15,17H,2-8,13H2,1H3. The number of sulfonamides is 1. The van der Waals surface area contributed by atoms with Gasteiger partial charge in [0.15, 0.2) is 10.8 Å². The van der Waals surface area contributed by atoms with Crippen LogP contribution in [-0.2, 0) is 17.1 Å². The monoisotopic (exact) mass is 302 g/mol. The van der Waals surface area contributed by atoms with Crippen molar-refractivity contribution in [3.8, 4) is 0 Å². The number of nitrogens with two attached hydrogens (primary N) is 1. The number of anilines is 1. The molecule has 0 unspecified atom stereocenters. The summed E-state index contributed by atoms with van der Waals surface area (Å²) in [6, 6.07) is 0. The molecule has 0 amide bonds. The molecule has 0 aliphatic heterocycles. The van der Waals surface area contributed by atoms with Crippen molar-refractivity contribution in [2.24, 2.45) is 12.5 Å². The van der Waals surface area contributed by atoms with E-state index in [0.29, 0.717) is 0 Å². The van der Waals surface area contributed by atoms with Gasteiger partial charge >= 0.3 is 0 Å². The lowest BCUT2D eigenvalue weighted by atomic mass is 9.75. The van der Waals surface area contributed by atoms with E-state index in [2.05, 4.69) is 9.71 Å². The summed E-state index contributed by atoms with van der Waals surface area (Å²) in [5, 5.41) is 9.57. The first-order valence-corrected chi connectivity index (χ1v) is 8.26. The van der Waals surface area contributed by atoms with Crippen LogP contribution in [0.3, 0.4) is 0 Å². The summed E-state index contributed by atoms with van der Waals surface area (Å²) in [7, 11) is -2.13. The van der Waals surface area contributed by atoms with Gasteiger partial charge in [0.05, 0.1) is 6.33 Å². The Hall–Kier alpha value is -1.12. The highest BCUT2D eigenvalue weighted by atomic mass is 32.2. The Balaban J connectivity index is 2.13. The Morgan fingerprint density at radius 2 is 2.10 bits per heavy atom. The van der Waals surface area contributed by atoms with Gasteiger partial charge in [-0.2, -0.15) is 0 Å². The van der Waals surface area contributed by atoms with Crippen molar-refractivity contribution in [3.05, 3.63) is 6.33 Å². The third kappa shape index (κ3) is 2.97. The fourth-order valence-corrected chi connectivity index (χ4v) is 4.16. The molecule has 2 rings (SSSR count). The molecule has 1 aromatic rings. The minimum absolute atomic E-state index is 0.00358. The van der Waals surface area contributed by atoms with Gasteiger partial charge in [0.25, 0.3) is 10.0 Å². The molecule has 0 saturated heterocycles. The Labute approximate surface area is 119 Å². The van der Waals surface area contributed by atoms with Crippen molar-refractivity contribution in [2.75, 3.05) is 18.9 Å². The number of nitrogens with zero attached hydrogens (tertiary/aromatic N) is 2. The van der Waals surface area contributed by atoms with Crippen molar-refractivity contribution in [1.29, 1.82) is 0 Å². The molecule has 1 aliphatic carbocycles. The van der Waals surface area contributed by atoms with E-state index in [1.54, 1.807) is 7.05 Å². The van der Waals surface area contributed by atoms with Gasteiger partial charge in [0.1, 0.15) is 0 Å². The van der Waals surface area contributed by atoms with Crippen molar-refractivity contribution in [1.82, 2.24) is 14.3 Å². The molecule has 0 bridgehead atoms. The van der Waals surface area contributed by atoms with Gasteiger partial charge in [0.2, 0.25) is 0 Å². The quantitative estimate of drug-likeness (QED) is 0.721. The van der Waals surface area contributed by atoms with E-state index >= 15 is 0 Å². The van der Waals surface area contributed by atoms with Crippen molar-refractivity contribution >= 4 is 15.8 Å². The van der Waals surface area contributed by atoms with Crippen LogP contribution in [0.4, 0.5) is 5.82 Å². The summed E-state index contributed by atoms with van der Waals surface area (Å²) < 4.78 is 28.6. The topological polar surface area (TPSA) is 110 Å². The van der Waals surface area contributed by atoms with E-state index in [9.17, 15) is 13.5 Å². The van der Waals surface area contributed by atoms with Gasteiger partial charge in [-0.3, -0.25) is 0 Å². The first-order chi connectivity index (χ1) is 9.40. The van der Waals surface area contributed by atoms with Gasteiger partial charge in [-0.1, -0.05) is 19.3 Å². The van der Waals surface area contributed by atoms with Crippen LogP contribution in [0.1, 0.15) is 32.1 Å². The number of aryl methyl sites for hydroxylation is 1. The van der Waals surface area contributed by atoms with Crippen molar-refractivity contribution in [2.45, 2.75) is 37.1 Å². The lowest BCUT2D eigenvalue weighted by molar-refractivity contribution is 0.0867. The van der Waals surface area contributed by atoms with Crippen LogP contribution in [0.15, 0.2) is 11.4 Å². The maximum absolute atomic E-state index is 12.3. The maximum Gasteiger partial charge on any atom is 0.260 e. The molecule has 0 aromatic carbocycles. The second kappa shape index (κ2) is 5.71. The highest BCUT2D eigenvalue weighted by molar-refractivity contribution is 7.89. The smallest absolute Gasteiger partial charge is 0.260 e. The van der Waals surface area contributed by atoms with Crippen molar-refractivity contribution in [3.63, 3.8) is 0 Å². The normalized spacial score (nSPS) is 19.1. The molecule has 1 aromatic heterocycles. The zero-order valence-corrected chi connectivity index (χ0v) is 12.5. The summed E-state index contributed by atoms with van der Waals surface area (Å²) in [6.07, 6.45) is 6.24. The second-order valence-electron chi connectivity index (χ2n) is 5.59. The van der Waals surface area contributed by atoms with E-state index in [1.165, 1.54) is 10.9 Å². The van der Waals surface area contributed by atoms with E-state index in [4.69, 9.17) is 5.73 Å². The molecular weight excluding hydrogens is 280 g/mol. The number of nitrogens with one attached hydrogen (secondary N) is 1. The molecule has 114 valence electrons. The fourth-order valence-electron chi connectivity index (χ4n) is 2.77. The maximum atomic E-state index is 12.3. The molecule has 1 aliphatic rings. The molecule has 0 radical (unpaired) electrons. The second-order valence-corrected chi connectivity index (χ2v) is 7.27. The molecule has 0 spiro atoms. The molecule has 7 nitrogen and oxygen atoms in total. The van der Waals surface area contributed by atoms with Gasteiger partial charge < -0.3 is 15.4 Å². The number of rotatable bonds is 5. The van der Waals surface area contributed by atoms with Crippen LogP contribution in [0.2, 0.25) is 0 Å². The molecular formula is C12H22N4O3S. The number of nitrogen functional groups attached to an aromatic ring is 1. The van der Waals surface area contributed by atoms with Crippen LogP contribution >= 0.6 is 0 Å². The predicted molar refractivity (Wildman–Crippen MR) is 75.4 cm³/mol. The number of hydrogen-bond donors (Lipinski definition) is 3. The van der Waals surface area contributed by atoms with E-state index in [-0.39, 0.29) is 29.4 Å². The highest BCUT2D eigenvalue weighted by Crippen LogP contribution is 2.35. The Kier molecular flexibility index (Phi) is 4.36. The number of aliphatic hydroxyl groups is 1. The van der Waals surface area contributed by atoms with Gasteiger partial charge in [-0.15, -0.1) is 0 Å². The lowest BCUT2D eigenvalue weighted by Crippen LogP contribution is -2.41. The molecule has 8 heteroatoms. The molecule has 1 saturated carbocycles. The molecule has 20 heavy (non-hydrogen) atoms. The summed E-state index contributed by atoms with van der Waals surface area (Å²) in [5.74, 6) is -0.0123. The number of aromatic nitrogens is 2. The number of aliphatic hydroxyl groups excluding tert-OH is 1. The van der Waals surface area contributed by atoms with Crippen LogP contribution in [0, 0.1) is 5.41 Å². The molecule has 0 atom stereocenters. The Morgan fingerprint density at radius 3 is 2.60 bits per heavy atom. The number of hydrogen-bond acceptors (Lipinski definition) is 5. The largest absolute Gasteiger partial charge is 0.396 e. The van der Waals surface area contributed by atoms with E-state index < -0.39 is 10.0 Å². The third-order valence-corrected chi connectivity index (χ3v) is 5.58. The number of imidazole rings is 1. The van der Waals surface area contributed by atoms with Crippen LogP contribution in [-0.4, -0.2) is 36.2 Å². The lowest BCUT2D eigenvalue weighted by Gasteiger charge is -2.35. The van der Waals surface area contributed by atoms with Crippen LogP contribution in [0.5, 0.6) is 0 Å². The van der Waals surface area contributed by atoms with Crippen molar-refractivity contribution < 1.29 is 13.5 Å². The first-order valence-electron chi connectivity index (χ1n) is 6.78. The first kappa shape index (κ1) is 15.3. The minimum Gasteiger partial charge on any atom is -0.396 e. The Bertz CT molecular complexity index is 542. The summed E-state index contributed by atoms with van der Waals surface area (Å²) >= 11 is 0. The summed E-state index contributed by atoms with van der Waals surface area (Å²) in [6.45, 7) is 0.229. The van der Waals surface area contributed by atoms with Crippen LogP contribution < -0.4 is 10.5 Å². The summed E-state index contributed by atoms with van der Waals surface area (Å²) in [4.78, 5) is 3.79. The van der Waals surface area contributed by atoms with Gasteiger partial charge in [-0.25, -0.2) is 18.1 Å².